The summed E-state index contributed by atoms with van der Waals surface area (Å²) in [7, 11) is -1.99. The highest BCUT2D eigenvalue weighted by atomic mass is 32.2. The smallest absolute Gasteiger partial charge is 0.304 e. The molecule has 1 fully saturated rings. The fourth-order valence-corrected chi connectivity index (χ4v) is 4.19. The Labute approximate surface area is 118 Å². The van der Waals surface area contributed by atoms with Crippen molar-refractivity contribution >= 4 is 16.0 Å². The van der Waals surface area contributed by atoms with E-state index in [0.29, 0.717) is 18.8 Å². The molecule has 1 aromatic rings. The maximum Gasteiger partial charge on any atom is 0.304 e. The van der Waals surface area contributed by atoms with Gasteiger partial charge in [0.1, 0.15) is 5.82 Å². The van der Waals surface area contributed by atoms with Crippen molar-refractivity contribution in [2.75, 3.05) is 6.54 Å². The molecule has 112 valence electrons. The summed E-state index contributed by atoms with van der Waals surface area (Å²) in [5, 5.41) is 8.92. The van der Waals surface area contributed by atoms with Crippen molar-refractivity contribution in [1.82, 2.24) is 13.9 Å². The Kier molecular flexibility index (Phi) is 4.14. The third-order valence-electron chi connectivity index (χ3n) is 3.64. The second kappa shape index (κ2) is 5.53. The molecule has 0 unspecified atom stereocenters. The number of hydrogen-bond acceptors (Lipinski definition) is 4. The highest BCUT2D eigenvalue weighted by Crippen LogP contribution is 2.26. The van der Waals surface area contributed by atoms with Gasteiger partial charge in [0.15, 0.2) is 5.03 Å². The summed E-state index contributed by atoms with van der Waals surface area (Å²) in [4.78, 5) is 15.0. The highest BCUT2D eigenvalue weighted by Gasteiger charge is 2.36. The average Bonchev–Trinajstić information content (AvgIpc) is 2.70. The molecule has 7 nitrogen and oxygen atoms in total. The number of hydrogen-bond donors (Lipinski definition) is 1. The first-order valence-corrected chi connectivity index (χ1v) is 8.00. The fraction of sp³-hybridized carbons (Fsp3) is 0.667. The lowest BCUT2D eigenvalue weighted by Crippen LogP contribution is -2.44. The molecule has 0 amide bonds. The van der Waals surface area contributed by atoms with Crippen LogP contribution < -0.4 is 0 Å². The Balaban J connectivity index is 2.32. The molecule has 0 saturated carbocycles. The normalized spacial score (nSPS) is 21.0. The zero-order chi connectivity index (χ0) is 14.9. The van der Waals surface area contributed by atoms with Crippen molar-refractivity contribution in [2.45, 2.75) is 43.7 Å². The molecule has 0 radical (unpaired) electrons. The molecule has 0 bridgehead atoms. The summed E-state index contributed by atoms with van der Waals surface area (Å²) in [5.41, 5.74) is 0. The Morgan fingerprint density at radius 2 is 2.20 bits per heavy atom. The second-order valence-electron chi connectivity index (χ2n) is 5.10. The Morgan fingerprint density at radius 3 is 2.75 bits per heavy atom. The van der Waals surface area contributed by atoms with E-state index in [2.05, 4.69) is 4.98 Å². The minimum atomic E-state index is -3.72. The third-order valence-corrected chi connectivity index (χ3v) is 5.47. The topological polar surface area (TPSA) is 92.5 Å². The van der Waals surface area contributed by atoms with Crippen molar-refractivity contribution < 1.29 is 18.3 Å². The van der Waals surface area contributed by atoms with Gasteiger partial charge in [0.25, 0.3) is 10.0 Å². The average molecular weight is 301 g/mol. The van der Waals surface area contributed by atoms with Crippen LogP contribution in [0.4, 0.5) is 0 Å². The lowest BCUT2D eigenvalue weighted by Gasteiger charge is -2.33. The van der Waals surface area contributed by atoms with E-state index in [1.54, 1.807) is 18.5 Å². The summed E-state index contributed by atoms with van der Waals surface area (Å²) in [6.45, 7) is 2.08. The molecule has 20 heavy (non-hydrogen) atoms. The van der Waals surface area contributed by atoms with Crippen LogP contribution in [0.1, 0.15) is 31.5 Å². The summed E-state index contributed by atoms with van der Waals surface area (Å²) < 4.78 is 28.1. The molecule has 2 heterocycles. The van der Waals surface area contributed by atoms with Gasteiger partial charge in [-0.2, -0.15) is 4.31 Å². The van der Waals surface area contributed by atoms with Crippen LogP contribution in [-0.4, -0.2) is 45.9 Å². The summed E-state index contributed by atoms with van der Waals surface area (Å²) in [5.74, 6) is -0.371. The first kappa shape index (κ1) is 15.0. The molecule has 0 spiro atoms. The predicted octanol–water partition coefficient (Wildman–Crippen LogP) is 0.746. The van der Waals surface area contributed by atoms with E-state index in [4.69, 9.17) is 5.11 Å². The van der Waals surface area contributed by atoms with Crippen LogP contribution in [0.25, 0.3) is 0 Å². The van der Waals surface area contributed by atoms with Crippen molar-refractivity contribution in [2.24, 2.45) is 7.05 Å². The number of imidazole rings is 1. The zero-order valence-electron chi connectivity index (χ0n) is 11.6. The standard InChI is InChI=1S/C12H19N3O4S/c1-9-13-11(8-14(9)2)20(18,19)15-6-4-3-5-10(15)7-12(16)17/h8,10H,3-7H2,1-2H3,(H,16,17)/t10-/m1/s1. The number of carbonyl (C=O) groups is 1. The second-order valence-corrected chi connectivity index (χ2v) is 6.94. The van der Waals surface area contributed by atoms with Crippen LogP contribution >= 0.6 is 0 Å². The molecule has 2 rings (SSSR count). The number of aromatic nitrogens is 2. The van der Waals surface area contributed by atoms with E-state index in [9.17, 15) is 13.2 Å². The number of nitrogens with zero attached hydrogens (tertiary/aromatic N) is 3. The van der Waals surface area contributed by atoms with Gasteiger partial charge in [0.2, 0.25) is 0 Å². The van der Waals surface area contributed by atoms with Gasteiger partial charge in [-0.1, -0.05) is 6.42 Å². The molecule has 1 aliphatic heterocycles. The predicted molar refractivity (Wildman–Crippen MR) is 71.7 cm³/mol. The molecule has 8 heteroatoms. The van der Waals surface area contributed by atoms with Crippen LogP contribution in [-0.2, 0) is 21.9 Å². The zero-order valence-corrected chi connectivity index (χ0v) is 12.4. The fourth-order valence-electron chi connectivity index (χ4n) is 2.47. The lowest BCUT2D eigenvalue weighted by molar-refractivity contribution is -0.138. The molecule has 1 aromatic heterocycles. The van der Waals surface area contributed by atoms with Gasteiger partial charge in [0.05, 0.1) is 6.42 Å². The summed E-state index contributed by atoms with van der Waals surface area (Å²) in [6.07, 6.45) is 3.49. The Morgan fingerprint density at radius 1 is 1.50 bits per heavy atom. The number of aliphatic carboxylic acids is 1. The van der Waals surface area contributed by atoms with E-state index in [0.717, 1.165) is 12.8 Å². The SMILES string of the molecule is Cc1nc(S(=O)(=O)N2CCCC[C@@H]2CC(=O)O)cn1C. The molecule has 1 atom stereocenters. The van der Waals surface area contributed by atoms with E-state index in [1.165, 1.54) is 10.5 Å². The van der Waals surface area contributed by atoms with E-state index < -0.39 is 22.0 Å². The van der Waals surface area contributed by atoms with Gasteiger partial charge in [-0.15, -0.1) is 0 Å². The molecular weight excluding hydrogens is 282 g/mol. The lowest BCUT2D eigenvalue weighted by atomic mass is 10.0. The maximum atomic E-state index is 12.6. The molecule has 1 saturated heterocycles. The Bertz CT molecular complexity index is 589. The van der Waals surface area contributed by atoms with Crippen molar-refractivity contribution in [1.29, 1.82) is 0 Å². The van der Waals surface area contributed by atoms with E-state index >= 15 is 0 Å². The largest absolute Gasteiger partial charge is 0.481 e. The number of piperidine rings is 1. The molecule has 1 N–H and O–H groups in total. The van der Waals surface area contributed by atoms with Crippen molar-refractivity contribution in [3.8, 4) is 0 Å². The number of carboxylic acid groups (broad SMARTS) is 1. The number of rotatable bonds is 4. The minimum Gasteiger partial charge on any atom is -0.481 e. The number of carboxylic acids is 1. The summed E-state index contributed by atoms with van der Waals surface area (Å²) in [6, 6.07) is -0.478. The monoisotopic (exact) mass is 301 g/mol. The molecule has 0 aliphatic carbocycles. The van der Waals surface area contributed by atoms with Crippen molar-refractivity contribution in [3.05, 3.63) is 12.0 Å². The van der Waals surface area contributed by atoms with Crippen molar-refractivity contribution in [3.63, 3.8) is 0 Å². The van der Waals surface area contributed by atoms with E-state index in [-0.39, 0.29) is 11.4 Å². The number of sulfonamides is 1. The number of aryl methyl sites for hydroxylation is 2. The minimum absolute atomic E-state index is 0.00483. The highest BCUT2D eigenvalue weighted by molar-refractivity contribution is 7.89. The third kappa shape index (κ3) is 2.85. The van der Waals surface area contributed by atoms with Gasteiger partial charge in [0, 0.05) is 25.8 Å². The van der Waals surface area contributed by atoms with Crippen LogP contribution in [0.2, 0.25) is 0 Å². The van der Waals surface area contributed by atoms with E-state index in [1.807, 2.05) is 0 Å². The molecule has 0 aromatic carbocycles. The molecule has 1 aliphatic rings. The quantitative estimate of drug-likeness (QED) is 0.885. The molecular formula is C12H19N3O4S. The van der Waals surface area contributed by atoms with Crippen LogP contribution in [0.3, 0.4) is 0 Å². The van der Waals surface area contributed by atoms with Crippen LogP contribution in [0.15, 0.2) is 11.2 Å². The van der Waals surface area contributed by atoms with Gasteiger partial charge in [-0.25, -0.2) is 13.4 Å². The first-order chi connectivity index (χ1) is 9.32. The maximum absolute atomic E-state index is 12.6. The van der Waals surface area contributed by atoms with Crippen LogP contribution in [0, 0.1) is 6.92 Å². The van der Waals surface area contributed by atoms with Gasteiger partial charge < -0.3 is 9.67 Å². The Hall–Kier alpha value is -1.41. The van der Waals surface area contributed by atoms with Gasteiger partial charge in [-0.3, -0.25) is 4.79 Å². The summed E-state index contributed by atoms with van der Waals surface area (Å²) >= 11 is 0. The van der Waals surface area contributed by atoms with Gasteiger partial charge in [-0.05, 0) is 19.8 Å². The van der Waals surface area contributed by atoms with Gasteiger partial charge >= 0.3 is 5.97 Å². The first-order valence-electron chi connectivity index (χ1n) is 6.56. The van der Waals surface area contributed by atoms with Crippen LogP contribution in [0.5, 0.6) is 0 Å².